The fourth-order valence-corrected chi connectivity index (χ4v) is 1.75. The van der Waals surface area contributed by atoms with Crippen LogP contribution in [0.2, 0.25) is 0 Å². The average molecular weight is 276 g/mol. The molecule has 0 saturated heterocycles. The first-order valence-corrected chi connectivity index (χ1v) is 7.15. The van der Waals surface area contributed by atoms with Crippen LogP contribution in [0.1, 0.15) is 32.3 Å². The predicted octanol–water partition coefficient (Wildman–Crippen LogP) is 1.90. The molecule has 0 radical (unpaired) electrons. The van der Waals surface area contributed by atoms with Gasteiger partial charge in [0.25, 0.3) is 0 Å². The quantitative estimate of drug-likeness (QED) is 0.563. The highest BCUT2D eigenvalue weighted by Crippen LogP contribution is 2.01. The van der Waals surface area contributed by atoms with Crippen LogP contribution < -0.4 is 10.6 Å². The molecule has 0 bridgehead atoms. The zero-order valence-electron chi connectivity index (χ0n) is 12.3. The summed E-state index contributed by atoms with van der Waals surface area (Å²) in [5.41, 5.74) is 1.26. The van der Waals surface area contributed by atoms with Gasteiger partial charge in [-0.1, -0.05) is 44.2 Å². The number of hydrogen-bond acceptors (Lipinski definition) is 2. The second kappa shape index (κ2) is 9.13. The second-order valence-electron chi connectivity index (χ2n) is 5.31. The lowest BCUT2D eigenvalue weighted by Crippen LogP contribution is -2.34. The summed E-state index contributed by atoms with van der Waals surface area (Å²) in [6.07, 6.45) is 1.72. The summed E-state index contributed by atoms with van der Waals surface area (Å²) in [7, 11) is 0. The molecule has 20 heavy (non-hydrogen) atoms. The topological polar surface area (TPSA) is 58.2 Å². The maximum absolute atomic E-state index is 11.5. The molecule has 2 amide bonds. The van der Waals surface area contributed by atoms with Crippen LogP contribution in [0.3, 0.4) is 0 Å². The van der Waals surface area contributed by atoms with Gasteiger partial charge in [-0.25, -0.2) is 0 Å². The van der Waals surface area contributed by atoms with Crippen LogP contribution >= 0.6 is 0 Å². The molecule has 1 aromatic carbocycles. The molecule has 0 atom stereocenters. The first-order valence-electron chi connectivity index (χ1n) is 7.15. The Morgan fingerprint density at radius 2 is 1.70 bits per heavy atom. The summed E-state index contributed by atoms with van der Waals surface area (Å²) in [6.45, 7) is 5.25. The Morgan fingerprint density at radius 1 is 1.05 bits per heavy atom. The van der Waals surface area contributed by atoms with Crippen LogP contribution in [0.5, 0.6) is 0 Å². The standard InChI is InChI=1S/C16H24N2O2/c1-13(2)12-18-16(20)11-15(19)17-10-6-9-14-7-4-3-5-8-14/h3-5,7-8,13H,6,9-12H2,1-2H3,(H,17,19)(H,18,20). The number of aryl methyl sites for hydroxylation is 1. The van der Waals surface area contributed by atoms with Gasteiger partial charge >= 0.3 is 0 Å². The van der Waals surface area contributed by atoms with Gasteiger partial charge in [0.05, 0.1) is 0 Å². The van der Waals surface area contributed by atoms with Crippen molar-refractivity contribution < 1.29 is 9.59 Å². The molecule has 0 fully saturated rings. The lowest BCUT2D eigenvalue weighted by molar-refractivity contribution is -0.129. The first kappa shape index (κ1) is 16.2. The number of hydrogen-bond donors (Lipinski definition) is 2. The number of benzene rings is 1. The minimum absolute atomic E-state index is 0.0853. The third kappa shape index (κ3) is 7.56. The molecular weight excluding hydrogens is 252 g/mol. The maximum atomic E-state index is 11.5. The fourth-order valence-electron chi connectivity index (χ4n) is 1.75. The van der Waals surface area contributed by atoms with Crippen molar-refractivity contribution in [2.75, 3.05) is 13.1 Å². The van der Waals surface area contributed by atoms with E-state index in [4.69, 9.17) is 0 Å². The van der Waals surface area contributed by atoms with Gasteiger partial charge in [-0.15, -0.1) is 0 Å². The highest BCUT2D eigenvalue weighted by molar-refractivity contribution is 5.96. The van der Waals surface area contributed by atoms with Crippen molar-refractivity contribution in [3.8, 4) is 0 Å². The van der Waals surface area contributed by atoms with Crippen molar-refractivity contribution in [2.24, 2.45) is 5.92 Å². The van der Waals surface area contributed by atoms with E-state index in [1.165, 1.54) is 5.56 Å². The van der Waals surface area contributed by atoms with Crippen molar-refractivity contribution >= 4 is 11.8 Å². The Morgan fingerprint density at radius 3 is 2.35 bits per heavy atom. The first-order chi connectivity index (χ1) is 9.58. The van der Waals surface area contributed by atoms with Crippen LogP contribution in [0, 0.1) is 5.92 Å². The molecule has 0 heterocycles. The Hall–Kier alpha value is -1.84. The zero-order valence-corrected chi connectivity index (χ0v) is 12.3. The average Bonchev–Trinajstić information content (AvgIpc) is 2.42. The van der Waals surface area contributed by atoms with Gasteiger partial charge < -0.3 is 10.6 Å². The van der Waals surface area contributed by atoms with Crippen LogP contribution in [0.25, 0.3) is 0 Å². The highest BCUT2D eigenvalue weighted by Gasteiger charge is 2.08. The van der Waals surface area contributed by atoms with Crippen LogP contribution in [0.4, 0.5) is 0 Å². The molecule has 0 unspecified atom stereocenters. The minimum Gasteiger partial charge on any atom is -0.356 e. The summed E-state index contributed by atoms with van der Waals surface area (Å²) < 4.78 is 0. The van der Waals surface area contributed by atoms with Crippen molar-refractivity contribution in [1.82, 2.24) is 10.6 Å². The number of carbonyl (C=O) groups excluding carboxylic acids is 2. The molecule has 1 aromatic rings. The Bertz CT molecular complexity index is 416. The summed E-state index contributed by atoms with van der Waals surface area (Å²) in [5, 5.41) is 5.50. The molecule has 0 aliphatic carbocycles. The number of rotatable bonds is 8. The van der Waals surface area contributed by atoms with E-state index < -0.39 is 0 Å². The van der Waals surface area contributed by atoms with Crippen molar-refractivity contribution in [2.45, 2.75) is 33.1 Å². The third-order valence-electron chi connectivity index (χ3n) is 2.84. The molecule has 0 saturated carbocycles. The molecule has 0 spiro atoms. The molecule has 4 heteroatoms. The minimum atomic E-state index is -0.209. The summed E-state index contributed by atoms with van der Waals surface area (Å²) in [5.74, 6) is -0.0218. The molecule has 2 N–H and O–H groups in total. The van der Waals surface area contributed by atoms with Crippen LogP contribution in [0.15, 0.2) is 30.3 Å². The molecule has 0 aliphatic heterocycles. The van der Waals surface area contributed by atoms with E-state index in [1.54, 1.807) is 0 Å². The Kier molecular flexibility index (Phi) is 7.40. The highest BCUT2D eigenvalue weighted by atomic mass is 16.2. The molecule has 4 nitrogen and oxygen atoms in total. The van der Waals surface area contributed by atoms with Crippen molar-refractivity contribution in [1.29, 1.82) is 0 Å². The van der Waals surface area contributed by atoms with Gasteiger partial charge in [0.15, 0.2) is 0 Å². The molecule has 0 aromatic heterocycles. The van der Waals surface area contributed by atoms with Crippen molar-refractivity contribution in [3.63, 3.8) is 0 Å². The number of carbonyl (C=O) groups is 2. The normalized spacial score (nSPS) is 10.3. The van der Waals surface area contributed by atoms with Gasteiger partial charge in [-0.05, 0) is 24.3 Å². The lowest BCUT2D eigenvalue weighted by atomic mass is 10.1. The van der Waals surface area contributed by atoms with E-state index in [0.717, 1.165) is 12.8 Å². The van der Waals surface area contributed by atoms with Gasteiger partial charge in [-0.3, -0.25) is 9.59 Å². The van der Waals surface area contributed by atoms with E-state index in [1.807, 2.05) is 32.0 Å². The zero-order chi connectivity index (χ0) is 14.8. The summed E-state index contributed by atoms with van der Waals surface area (Å²) >= 11 is 0. The van der Waals surface area contributed by atoms with Gasteiger partial charge in [-0.2, -0.15) is 0 Å². The third-order valence-corrected chi connectivity index (χ3v) is 2.84. The van der Waals surface area contributed by atoms with E-state index in [-0.39, 0.29) is 18.2 Å². The van der Waals surface area contributed by atoms with Gasteiger partial charge in [0, 0.05) is 13.1 Å². The Labute approximate surface area is 121 Å². The maximum Gasteiger partial charge on any atom is 0.229 e. The SMILES string of the molecule is CC(C)CNC(=O)CC(=O)NCCCc1ccccc1. The fraction of sp³-hybridized carbons (Fsp3) is 0.500. The van der Waals surface area contributed by atoms with Crippen LogP contribution in [-0.2, 0) is 16.0 Å². The summed E-state index contributed by atoms with van der Waals surface area (Å²) in [6, 6.07) is 10.1. The Balaban J connectivity index is 2.09. The van der Waals surface area contributed by atoms with Crippen molar-refractivity contribution in [3.05, 3.63) is 35.9 Å². The van der Waals surface area contributed by atoms with Crippen LogP contribution in [-0.4, -0.2) is 24.9 Å². The van der Waals surface area contributed by atoms with Gasteiger partial charge in [0.1, 0.15) is 6.42 Å². The van der Waals surface area contributed by atoms with E-state index >= 15 is 0 Å². The van der Waals surface area contributed by atoms with Gasteiger partial charge in [0.2, 0.25) is 11.8 Å². The van der Waals surface area contributed by atoms with E-state index in [0.29, 0.717) is 19.0 Å². The summed E-state index contributed by atoms with van der Waals surface area (Å²) in [4.78, 5) is 23.0. The second-order valence-corrected chi connectivity index (χ2v) is 5.31. The molecule has 110 valence electrons. The van der Waals surface area contributed by atoms with E-state index in [9.17, 15) is 9.59 Å². The number of nitrogens with one attached hydrogen (secondary N) is 2. The molecule has 1 rings (SSSR count). The predicted molar refractivity (Wildman–Crippen MR) is 80.2 cm³/mol. The van der Waals surface area contributed by atoms with E-state index in [2.05, 4.69) is 22.8 Å². The monoisotopic (exact) mass is 276 g/mol. The largest absolute Gasteiger partial charge is 0.356 e. The molecular formula is C16H24N2O2. The lowest BCUT2D eigenvalue weighted by Gasteiger charge is -2.08. The molecule has 0 aliphatic rings. The smallest absolute Gasteiger partial charge is 0.229 e. The number of amides is 2.